The number of carbonyl (C=O) groups excluding carboxylic acids is 2. The van der Waals surface area contributed by atoms with Gasteiger partial charge < -0.3 is 10.2 Å². The fourth-order valence-electron chi connectivity index (χ4n) is 2.73. The Morgan fingerprint density at radius 3 is 2.36 bits per heavy atom. The van der Waals surface area contributed by atoms with Crippen LogP contribution in [0.5, 0.6) is 0 Å². The van der Waals surface area contributed by atoms with E-state index < -0.39 is 6.04 Å². The van der Waals surface area contributed by atoms with Gasteiger partial charge in [0, 0.05) is 22.8 Å². The molecule has 0 aliphatic rings. The third kappa shape index (κ3) is 7.32. The van der Waals surface area contributed by atoms with Crippen LogP contribution in [0.3, 0.4) is 0 Å². The van der Waals surface area contributed by atoms with Crippen molar-refractivity contribution in [2.45, 2.75) is 45.2 Å². The number of thioether (sulfide) groups is 1. The molecule has 6 heteroatoms. The van der Waals surface area contributed by atoms with Crippen LogP contribution < -0.4 is 5.32 Å². The normalized spacial score (nSPS) is 11.9. The second kappa shape index (κ2) is 11.3. The summed E-state index contributed by atoms with van der Waals surface area (Å²) in [6.45, 7) is 6.02. The molecule has 2 aromatic carbocycles. The predicted octanol–water partition coefficient (Wildman–Crippen LogP) is 4.62. The molecule has 2 rings (SSSR count). The summed E-state index contributed by atoms with van der Waals surface area (Å²) in [5.74, 6) is 0.935. The first-order valence-corrected chi connectivity index (χ1v) is 11.3. The highest BCUT2D eigenvalue weighted by molar-refractivity contribution is 9.10. The van der Waals surface area contributed by atoms with E-state index in [1.807, 2.05) is 56.3 Å². The van der Waals surface area contributed by atoms with Gasteiger partial charge in [-0.1, -0.05) is 58.4 Å². The van der Waals surface area contributed by atoms with Gasteiger partial charge in [-0.2, -0.15) is 0 Å². The molecule has 1 N–H and O–H groups in total. The number of halogens is 1. The van der Waals surface area contributed by atoms with Crippen molar-refractivity contribution in [3.8, 4) is 0 Å². The minimum absolute atomic E-state index is 0.0326. The van der Waals surface area contributed by atoms with Gasteiger partial charge in [0.1, 0.15) is 6.04 Å². The Hall–Kier alpha value is -1.79. The number of benzene rings is 2. The smallest absolute Gasteiger partial charge is 0.242 e. The van der Waals surface area contributed by atoms with Gasteiger partial charge in [0.15, 0.2) is 0 Å². The Morgan fingerprint density at radius 1 is 1.04 bits per heavy atom. The third-order valence-electron chi connectivity index (χ3n) is 4.18. The van der Waals surface area contributed by atoms with E-state index in [2.05, 4.69) is 33.4 Å². The first-order chi connectivity index (χ1) is 13.4. The van der Waals surface area contributed by atoms with Crippen LogP contribution in [0.2, 0.25) is 0 Å². The molecular weight excluding hydrogens is 436 g/mol. The van der Waals surface area contributed by atoms with Crippen molar-refractivity contribution in [1.29, 1.82) is 0 Å². The van der Waals surface area contributed by atoms with Crippen LogP contribution >= 0.6 is 27.7 Å². The summed E-state index contributed by atoms with van der Waals surface area (Å²) in [4.78, 5) is 27.2. The topological polar surface area (TPSA) is 49.4 Å². The van der Waals surface area contributed by atoms with E-state index in [9.17, 15) is 9.59 Å². The number of rotatable bonds is 9. The molecule has 0 aliphatic carbocycles. The summed E-state index contributed by atoms with van der Waals surface area (Å²) in [6.07, 6.45) is 0. The Balaban J connectivity index is 2.07. The quantitative estimate of drug-likeness (QED) is 0.590. The largest absolute Gasteiger partial charge is 0.352 e. The molecular formula is C22H27BrN2O2S. The molecule has 0 aliphatic heterocycles. The van der Waals surface area contributed by atoms with Crippen LogP contribution in [0.25, 0.3) is 0 Å². The van der Waals surface area contributed by atoms with E-state index in [1.54, 1.807) is 23.6 Å². The molecule has 1 atom stereocenters. The van der Waals surface area contributed by atoms with Gasteiger partial charge in [0.05, 0.1) is 5.75 Å². The summed E-state index contributed by atoms with van der Waals surface area (Å²) in [5.41, 5.74) is 2.17. The van der Waals surface area contributed by atoms with Crippen LogP contribution in [0.1, 0.15) is 31.9 Å². The lowest BCUT2D eigenvalue weighted by atomic mass is 10.1. The van der Waals surface area contributed by atoms with Crippen molar-refractivity contribution in [2.75, 3.05) is 5.75 Å². The average Bonchev–Trinajstić information content (AvgIpc) is 2.66. The minimum atomic E-state index is -0.536. The van der Waals surface area contributed by atoms with E-state index in [1.165, 1.54) is 5.56 Å². The second-order valence-electron chi connectivity index (χ2n) is 6.97. The van der Waals surface area contributed by atoms with Crippen molar-refractivity contribution in [3.05, 3.63) is 70.2 Å². The van der Waals surface area contributed by atoms with Gasteiger partial charge in [-0.05, 0) is 44.0 Å². The maximum atomic E-state index is 13.0. The van der Waals surface area contributed by atoms with Crippen LogP contribution in [-0.2, 0) is 21.9 Å². The highest BCUT2D eigenvalue weighted by atomic mass is 79.9. The SMILES string of the molecule is CC(C)NC(=O)C(C)N(Cc1cccc(Br)c1)C(=O)CSCc1ccccc1. The number of hydrogen-bond acceptors (Lipinski definition) is 3. The summed E-state index contributed by atoms with van der Waals surface area (Å²) < 4.78 is 0.954. The van der Waals surface area contributed by atoms with Gasteiger partial charge in [0.25, 0.3) is 0 Å². The van der Waals surface area contributed by atoms with Crippen molar-refractivity contribution < 1.29 is 9.59 Å². The molecule has 0 saturated carbocycles. The molecule has 0 fully saturated rings. The van der Waals surface area contributed by atoms with Crippen LogP contribution in [0.15, 0.2) is 59.1 Å². The standard InChI is InChI=1S/C22H27BrN2O2S/c1-16(2)24-22(27)17(3)25(13-19-10-7-11-20(23)12-19)21(26)15-28-14-18-8-5-4-6-9-18/h4-12,16-17H,13-15H2,1-3H3,(H,24,27). The lowest BCUT2D eigenvalue weighted by molar-refractivity contribution is -0.138. The molecule has 4 nitrogen and oxygen atoms in total. The zero-order chi connectivity index (χ0) is 20.5. The fourth-order valence-corrected chi connectivity index (χ4v) is 4.05. The Labute approximate surface area is 180 Å². The molecule has 28 heavy (non-hydrogen) atoms. The molecule has 0 bridgehead atoms. The molecule has 0 saturated heterocycles. The lowest BCUT2D eigenvalue weighted by Gasteiger charge is -2.29. The third-order valence-corrected chi connectivity index (χ3v) is 5.66. The van der Waals surface area contributed by atoms with Gasteiger partial charge in [-0.25, -0.2) is 0 Å². The Kier molecular flexibility index (Phi) is 9.06. The monoisotopic (exact) mass is 462 g/mol. The first-order valence-electron chi connectivity index (χ1n) is 9.32. The average molecular weight is 463 g/mol. The molecule has 2 aromatic rings. The maximum absolute atomic E-state index is 13.0. The number of nitrogens with one attached hydrogen (secondary N) is 1. The Morgan fingerprint density at radius 2 is 1.71 bits per heavy atom. The van der Waals surface area contributed by atoms with Gasteiger partial charge in [-0.3, -0.25) is 9.59 Å². The highest BCUT2D eigenvalue weighted by Crippen LogP contribution is 2.18. The maximum Gasteiger partial charge on any atom is 0.242 e. The van der Waals surface area contributed by atoms with Crippen LogP contribution in [0, 0.1) is 0 Å². The van der Waals surface area contributed by atoms with Crippen molar-refractivity contribution in [1.82, 2.24) is 10.2 Å². The van der Waals surface area contributed by atoms with Gasteiger partial charge in [0.2, 0.25) is 11.8 Å². The Bertz CT molecular complexity index is 783. The molecule has 0 heterocycles. The van der Waals surface area contributed by atoms with Gasteiger partial charge >= 0.3 is 0 Å². The van der Waals surface area contributed by atoms with E-state index in [-0.39, 0.29) is 17.9 Å². The molecule has 150 valence electrons. The van der Waals surface area contributed by atoms with Crippen LogP contribution in [-0.4, -0.2) is 34.6 Å². The van der Waals surface area contributed by atoms with Crippen molar-refractivity contribution in [2.24, 2.45) is 0 Å². The summed E-state index contributed by atoms with van der Waals surface area (Å²) in [7, 11) is 0. The van der Waals surface area contributed by atoms with Crippen molar-refractivity contribution in [3.63, 3.8) is 0 Å². The lowest BCUT2D eigenvalue weighted by Crippen LogP contribution is -2.49. The van der Waals surface area contributed by atoms with Gasteiger partial charge in [-0.15, -0.1) is 11.8 Å². The molecule has 1 unspecified atom stereocenters. The number of nitrogens with zero attached hydrogens (tertiary/aromatic N) is 1. The fraction of sp³-hybridized carbons (Fsp3) is 0.364. The van der Waals surface area contributed by atoms with E-state index in [0.29, 0.717) is 12.3 Å². The first kappa shape index (κ1) is 22.5. The zero-order valence-corrected chi connectivity index (χ0v) is 18.9. The molecule has 0 aromatic heterocycles. The summed E-state index contributed by atoms with van der Waals surface area (Å²) >= 11 is 5.04. The predicted molar refractivity (Wildman–Crippen MR) is 120 cm³/mol. The molecule has 0 radical (unpaired) electrons. The number of hydrogen-bond donors (Lipinski definition) is 1. The van der Waals surface area contributed by atoms with E-state index in [0.717, 1.165) is 15.8 Å². The van der Waals surface area contributed by atoms with Crippen molar-refractivity contribution >= 4 is 39.5 Å². The minimum Gasteiger partial charge on any atom is -0.352 e. The highest BCUT2D eigenvalue weighted by Gasteiger charge is 2.26. The second-order valence-corrected chi connectivity index (χ2v) is 8.87. The number of carbonyl (C=O) groups is 2. The molecule has 2 amide bonds. The summed E-state index contributed by atoms with van der Waals surface area (Å²) in [5, 5.41) is 2.91. The van der Waals surface area contributed by atoms with Crippen LogP contribution in [0.4, 0.5) is 0 Å². The summed E-state index contributed by atoms with van der Waals surface area (Å²) in [6, 6.07) is 17.4. The zero-order valence-electron chi connectivity index (χ0n) is 16.5. The van der Waals surface area contributed by atoms with E-state index in [4.69, 9.17) is 0 Å². The number of amides is 2. The van der Waals surface area contributed by atoms with E-state index >= 15 is 0 Å². The molecule has 0 spiro atoms.